The second kappa shape index (κ2) is 10.6. The van der Waals surface area contributed by atoms with Gasteiger partial charge in [0.25, 0.3) is 13.4 Å². The molecule has 278 valence electrons. The van der Waals surface area contributed by atoms with Gasteiger partial charge in [-0.05, 0) is 81.3 Å². The van der Waals surface area contributed by atoms with Gasteiger partial charge in [-0.1, -0.05) is 121 Å². The van der Waals surface area contributed by atoms with Gasteiger partial charge in [-0.2, -0.15) is 0 Å². The molecule has 0 saturated carbocycles. The zero-order valence-corrected chi connectivity index (χ0v) is 32.6. The topological polar surface area (TPSA) is 33.2 Å². The molecule has 3 aromatic heterocycles. The highest BCUT2D eigenvalue weighted by Crippen LogP contribution is 2.46. The lowest BCUT2D eigenvalue weighted by Gasteiger charge is -2.33. The van der Waals surface area contributed by atoms with Gasteiger partial charge in [-0.15, -0.1) is 0 Å². The summed E-state index contributed by atoms with van der Waals surface area (Å²) in [4.78, 5) is 0. The van der Waals surface area contributed by atoms with Gasteiger partial charge >= 0.3 is 0 Å². The van der Waals surface area contributed by atoms with Crippen LogP contribution >= 0.6 is 0 Å². The molecule has 7 heteroatoms. The highest BCUT2D eigenvalue weighted by molar-refractivity contribution is 7.00. The molecule has 0 saturated heterocycles. The van der Waals surface area contributed by atoms with Gasteiger partial charge in [-0.3, -0.25) is 0 Å². The molecule has 0 N–H and O–H groups in total. The third-order valence-electron chi connectivity index (χ3n) is 14.3. The van der Waals surface area contributed by atoms with Crippen LogP contribution in [0.25, 0.3) is 82.5 Å². The highest BCUT2D eigenvalue weighted by Gasteiger charge is 2.43. The van der Waals surface area contributed by atoms with E-state index in [1.165, 1.54) is 104 Å². The number of aromatic nitrogens is 3. The van der Waals surface area contributed by atoms with Gasteiger partial charge in [-0.25, -0.2) is 0 Å². The van der Waals surface area contributed by atoms with Crippen LogP contribution in [0.15, 0.2) is 176 Å². The van der Waals surface area contributed by atoms with Crippen molar-refractivity contribution in [3.05, 3.63) is 176 Å². The fourth-order valence-electron chi connectivity index (χ4n) is 12.1. The van der Waals surface area contributed by atoms with E-state index in [1.807, 2.05) is 0 Å². The minimum Gasteiger partial charge on any atom is -0.458 e. The lowest BCUT2D eigenvalue weighted by molar-refractivity contribution is 0.487. The van der Waals surface area contributed by atoms with Gasteiger partial charge in [0.05, 0.1) is 27.8 Å². The largest absolute Gasteiger partial charge is 0.458 e. The zero-order chi connectivity index (χ0) is 39.2. The number of hydrogen-bond acceptors (Lipinski definition) is 2. The average Bonchev–Trinajstić information content (AvgIpc) is 3.96. The third kappa shape index (κ3) is 3.58. The minimum atomic E-state index is 0.00798. The Morgan fingerprint density at radius 1 is 0.328 bits per heavy atom. The first-order chi connectivity index (χ1) is 30.3. The molecular formula is C54H29B2N3O2. The molecule has 5 nitrogen and oxygen atoms in total. The van der Waals surface area contributed by atoms with Gasteiger partial charge in [0.15, 0.2) is 0 Å². The molecular weight excluding hydrogens is 744 g/mol. The van der Waals surface area contributed by atoms with Gasteiger partial charge in [0.2, 0.25) is 0 Å². The maximum absolute atomic E-state index is 7.01. The van der Waals surface area contributed by atoms with E-state index in [0.29, 0.717) is 0 Å². The van der Waals surface area contributed by atoms with Crippen molar-refractivity contribution < 1.29 is 9.47 Å². The molecule has 0 atom stereocenters. The summed E-state index contributed by atoms with van der Waals surface area (Å²) in [6.07, 6.45) is 0. The fraction of sp³-hybridized carbons (Fsp3) is 0. The molecule has 0 amide bonds. The van der Waals surface area contributed by atoms with Gasteiger partial charge < -0.3 is 23.2 Å². The van der Waals surface area contributed by atoms with Gasteiger partial charge in [0, 0.05) is 60.8 Å². The zero-order valence-electron chi connectivity index (χ0n) is 32.6. The first-order valence-corrected chi connectivity index (χ1v) is 21.2. The number of para-hydroxylation sites is 6. The third-order valence-corrected chi connectivity index (χ3v) is 14.3. The normalized spacial score (nSPS) is 13.8. The van der Waals surface area contributed by atoms with Crippen LogP contribution in [0.5, 0.6) is 23.0 Å². The number of ether oxygens (including phenoxy) is 2. The molecule has 0 spiro atoms. The smallest absolute Gasteiger partial charge is 0.256 e. The molecule has 12 aromatic rings. The molecule has 4 aliphatic rings. The molecule has 61 heavy (non-hydrogen) atoms. The standard InChI is InChI=1S/C54H29B2N3O2/c1-5-20-40-31(12-1)32-13-2-6-21-41(32)57(40)30-28-44-51-48(29-30)61-46-24-8-4-17-37(46)56(51)39-19-10-15-35-49-42(58(44)53(35)39)27-26-34-33-14-9-18-38-52(33)59(54(34)49)43-22-11-25-47-50(43)55(38)36-16-3-7-23-45(36)60-47/h1-29H. The summed E-state index contributed by atoms with van der Waals surface area (Å²) in [6.45, 7) is 0.0859. The van der Waals surface area contributed by atoms with Crippen LogP contribution in [0, 0.1) is 0 Å². The summed E-state index contributed by atoms with van der Waals surface area (Å²) < 4.78 is 21.3. The second-order valence-electron chi connectivity index (χ2n) is 17.1. The van der Waals surface area contributed by atoms with Crippen LogP contribution in [0.1, 0.15) is 0 Å². The molecule has 0 radical (unpaired) electrons. The minimum absolute atomic E-state index is 0.00798. The van der Waals surface area contributed by atoms with E-state index in [0.717, 1.165) is 34.4 Å². The van der Waals surface area contributed by atoms with Crippen molar-refractivity contribution >= 4 is 112 Å². The summed E-state index contributed by atoms with van der Waals surface area (Å²) in [7, 11) is 0. The van der Waals surface area contributed by atoms with Crippen LogP contribution < -0.4 is 42.3 Å². The lowest BCUT2D eigenvalue weighted by Crippen LogP contribution is -2.58. The monoisotopic (exact) mass is 773 g/mol. The Labute approximate surface area is 349 Å². The second-order valence-corrected chi connectivity index (χ2v) is 17.1. The predicted molar refractivity (Wildman–Crippen MR) is 252 cm³/mol. The maximum atomic E-state index is 7.01. The molecule has 0 bridgehead atoms. The fourth-order valence-corrected chi connectivity index (χ4v) is 12.1. The van der Waals surface area contributed by atoms with Gasteiger partial charge in [0.1, 0.15) is 23.0 Å². The SMILES string of the molecule is c1ccc2c(c1)Oc1cc(-n3c4ccccc4c4ccccc43)cc3c1B2c1cccc2c4c(ccc5c6cccc7c6n(c54)-c4cccc5c4B7c4ccccc4O5)n-3c12. The Kier molecular flexibility index (Phi) is 5.42. The van der Waals surface area contributed by atoms with Crippen LogP contribution in [-0.4, -0.2) is 27.1 Å². The van der Waals surface area contributed by atoms with E-state index in [9.17, 15) is 0 Å². The Balaban J connectivity index is 1.08. The summed E-state index contributed by atoms with van der Waals surface area (Å²) in [6, 6.07) is 64.6. The van der Waals surface area contributed by atoms with E-state index in [2.05, 4.69) is 190 Å². The number of nitrogens with zero attached hydrogens (tertiary/aromatic N) is 3. The highest BCUT2D eigenvalue weighted by atomic mass is 16.5. The number of fused-ring (bicyclic) bond motifs is 18. The van der Waals surface area contributed by atoms with Crippen LogP contribution in [0.3, 0.4) is 0 Å². The van der Waals surface area contributed by atoms with E-state index < -0.39 is 0 Å². The molecule has 7 heterocycles. The molecule has 0 unspecified atom stereocenters. The van der Waals surface area contributed by atoms with Crippen molar-refractivity contribution in [2.24, 2.45) is 0 Å². The van der Waals surface area contributed by atoms with E-state index in [1.54, 1.807) is 0 Å². The molecule has 0 fully saturated rings. The summed E-state index contributed by atoms with van der Waals surface area (Å²) in [5, 5.41) is 7.52. The number of hydrogen-bond donors (Lipinski definition) is 0. The van der Waals surface area contributed by atoms with E-state index in [4.69, 9.17) is 9.47 Å². The Bertz CT molecular complexity index is 3990. The van der Waals surface area contributed by atoms with Crippen LogP contribution in [0.4, 0.5) is 0 Å². The summed E-state index contributed by atoms with van der Waals surface area (Å²) in [5.74, 6) is 3.68. The van der Waals surface area contributed by atoms with Crippen molar-refractivity contribution in [2.45, 2.75) is 0 Å². The van der Waals surface area contributed by atoms with E-state index >= 15 is 0 Å². The predicted octanol–water partition coefficient (Wildman–Crippen LogP) is 8.85. The number of rotatable bonds is 1. The molecule has 0 aliphatic carbocycles. The Morgan fingerprint density at radius 3 is 1.61 bits per heavy atom. The van der Waals surface area contributed by atoms with Crippen LogP contribution in [-0.2, 0) is 0 Å². The van der Waals surface area contributed by atoms with Crippen molar-refractivity contribution in [3.63, 3.8) is 0 Å². The summed E-state index contributed by atoms with van der Waals surface area (Å²) >= 11 is 0. The maximum Gasteiger partial charge on any atom is 0.256 e. The molecule has 4 aliphatic heterocycles. The van der Waals surface area contributed by atoms with Crippen molar-refractivity contribution in [3.8, 4) is 40.1 Å². The first kappa shape index (κ1) is 31.1. The average molecular weight is 773 g/mol. The Hall–Kier alpha value is -7.89. The van der Waals surface area contributed by atoms with Crippen molar-refractivity contribution in [2.75, 3.05) is 0 Å². The lowest BCUT2D eigenvalue weighted by atomic mass is 9.34. The van der Waals surface area contributed by atoms with Crippen molar-refractivity contribution in [1.29, 1.82) is 0 Å². The first-order valence-electron chi connectivity index (χ1n) is 21.2. The van der Waals surface area contributed by atoms with Crippen molar-refractivity contribution in [1.82, 2.24) is 13.7 Å². The summed E-state index contributed by atoms with van der Waals surface area (Å²) in [5.41, 5.74) is 18.2. The molecule has 16 rings (SSSR count). The Morgan fingerprint density at radius 2 is 0.869 bits per heavy atom. The molecule has 9 aromatic carbocycles. The van der Waals surface area contributed by atoms with E-state index in [-0.39, 0.29) is 13.4 Å². The van der Waals surface area contributed by atoms with Crippen LogP contribution in [0.2, 0.25) is 0 Å². The number of benzene rings is 9. The quantitative estimate of drug-likeness (QED) is 0.156.